The van der Waals surface area contributed by atoms with Crippen molar-refractivity contribution in [2.24, 2.45) is 0 Å². The first-order chi connectivity index (χ1) is 8.21. The third-order valence-corrected chi connectivity index (χ3v) is 2.68. The zero-order valence-electron chi connectivity index (χ0n) is 9.38. The number of carbonyl (C=O) groups is 1. The Balaban J connectivity index is 2.63. The Morgan fingerprint density at radius 1 is 1.50 bits per heavy atom. The lowest BCUT2D eigenvalue weighted by atomic mass is 10.1. The number of hydrogen-bond acceptors (Lipinski definition) is 2. The molecule has 0 saturated carbocycles. The summed E-state index contributed by atoms with van der Waals surface area (Å²) in [6.45, 7) is 0.839. The lowest BCUT2D eigenvalue weighted by Crippen LogP contribution is -2.40. The van der Waals surface area contributed by atoms with Crippen molar-refractivity contribution in [1.82, 2.24) is 5.32 Å². The molecule has 0 aliphatic rings. The fourth-order valence-corrected chi connectivity index (χ4v) is 1.32. The highest BCUT2D eigenvalue weighted by molar-refractivity contribution is 6.31. The van der Waals surface area contributed by atoms with Crippen LogP contribution >= 0.6 is 11.6 Å². The molecule has 1 amide bonds. The van der Waals surface area contributed by atoms with Crippen molar-refractivity contribution in [3.05, 3.63) is 34.3 Å². The predicted molar refractivity (Wildman–Crippen MR) is 60.6 cm³/mol. The molecule has 0 fully saturated rings. The average molecular weight is 282 g/mol. The van der Waals surface area contributed by atoms with Gasteiger partial charge in [-0.15, -0.1) is 0 Å². The molecular formula is C11H11ClF3NO2. The molecule has 2 N–H and O–H groups in total. The van der Waals surface area contributed by atoms with Gasteiger partial charge < -0.3 is 10.4 Å². The van der Waals surface area contributed by atoms with Gasteiger partial charge in [-0.2, -0.15) is 13.2 Å². The molecule has 0 unspecified atom stereocenters. The maximum absolute atomic E-state index is 12.0. The highest BCUT2D eigenvalue weighted by atomic mass is 35.5. The lowest BCUT2D eigenvalue weighted by Gasteiger charge is -2.15. The normalized spacial score (nSPS) is 13.2. The summed E-state index contributed by atoms with van der Waals surface area (Å²) in [6, 6.07) is 4.38. The SMILES string of the molecule is Cc1ccc(C(=O)NC[C@@H](O)C(F)(F)F)cc1Cl. The number of rotatable bonds is 3. The molecule has 0 radical (unpaired) electrons. The summed E-state index contributed by atoms with van der Waals surface area (Å²) in [7, 11) is 0. The molecule has 100 valence electrons. The van der Waals surface area contributed by atoms with Crippen molar-refractivity contribution in [2.75, 3.05) is 6.54 Å². The van der Waals surface area contributed by atoms with Crippen LogP contribution in [0.15, 0.2) is 18.2 Å². The van der Waals surface area contributed by atoms with Gasteiger partial charge in [-0.3, -0.25) is 4.79 Å². The van der Waals surface area contributed by atoms with E-state index in [2.05, 4.69) is 0 Å². The average Bonchev–Trinajstić information content (AvgIpc) is 2.27. The molecule has 0 spiro atoms. The van der Waals surface area contributed by atoms with Gasteiger partial charge >= 0.3 is 6.18 Å². The molecule has 0 aliphatic carbocycles. The smallest absolute Gasteiger partial charge is 0.382 e. The third kappa shape index (κ3) is 3.89. The van der Waals surface area contributed by atoms with Crippen LogP contribution in [-0.2, 0) is 0 Å². The van der Waals surface area contributed by atoms with E-state index in [1.54, 1.807) is 13.0 Å². The topological polar surface area (TPSA) is 49.3 Å². The Morgan fingerprint density at radius 3 is 2.61 bits per heavy atom. The molecule has 0 aliphatic heterocycles. The highest BCUT2D eigenvalue weighted by Gasteiger charge is 2.38. The zero-order chi connectivity index (χ0) is 13.9. The van der Waals surface area contributed by atoms with E-state index in [0.717, 1.165) is 5.56 Å². The van der Waals surface area contributed by atoms with Gasteiger partial charge in [0.25, 0.3) is 5.91 Å². The number of nitrogens with one attached hydrogen (secondary N) is 1. The summed E-state index contributed by atoms with van der Waals surface area (Å²) in [6.07, 6.45) is -7.33. The maximum atomic E-state index is 12.0. The number of alkyl halides is 3. The summed E-state index contributed by atoms with van der Waals surface area (Å²) in [5, 5.41) is 11.0. The number of hydrogen-bond donors (Lipinski definition) is 2. The number of halogens is 4. The van der Waals surface area contributed by atoms with Crippen molar-refractivity contribution in [3.63, 3.8) is 0 Å². The van der Waals surface area contributed by atoms with E-state index in [4.69, 9.17) is 16.7 Å². The fraction of sp³-hybridized carbons (Fsp3) is 0.364. The Morgan fingerprint density at radius 2 is 2.11 bits per heavy atom. The molecule has 0 heterocycles. The van der Waals surface area contributed by atoms with Gasteiger partial charge in [0, 0.05) is 10.6 Å². The van der Waals surface area contributed by atoms with E-state index in [0.29, 0.717) is 5.02 Å². The first-order valence-electron chi connectivity index (χ1n) is 5.01. The number of aliphatic hydroxyl groups is 1. The molecule has 0 aromatic heterocycles. The molecule has 1 atom stereocenters. The van der Waals surface area contributed by atoms with E-state index < -0.39 is 24.7 Å². The van der Waals surface area contributed by atoms with Crippen molar-refractivity contribution in [1.29, 1.82) is 0 Å². The summed E-state index contributed by atoms with van der Waals surface area (Å²) in [5.74, 6) is -0.722. The standard InChI is InChI=1S/C11H11ClF3NO2/c1-6-2-3-7(4-8(6)12)10(18)16-5-9(17)11(13,14)15/h2-4,9,17H,5H2,1H3,(H,16,18)/t9-/m1/s1. The van der Waals surface area contributed by atoms with E-state index >= 15 is 0 Å². The Labute approximate surface area is 107 Å². The second-order valence-corrected chi connectivity index (χ2v) is 4.14. The first kappa shape index (κ1) is 14.8. The molecule has 1 aromatic carbocycles. The monoisotopic (exact) mass is 281 g/mol. The van der Waals surface area contributed by atoms with E-state index in [-0.39, 0.29) is 5.56 Å². The van der Waals surface area contributed by atoms with Gasteiger partial charge in [-0.1, -0.05) is 17.7 Å². The number of carbonyl (C=O) groups excluding carboxylic acids is 1. The molecular weight excluding hydrogens is 271 g/mol. The van der Waals surface area contributed by atoms with Gasteiger partial charge in [0.2, 0.25) is 0 Å². The minimum Gasteiger partial charge on any atom is -0.382 e. The van der Waals surface area contributed by atoms with Gasteiger partial charge in [-0.25, -0.2) is 0 Å². The molecule has 3 nitrogen and oxygen atoms in total. The largest absolute Gasteiger partial charge is 0.416 e. The van der Waals surface area contributed by atoms with Gasteiger partial charge in [0.15, 0.2) is 6.10 Å². The van der Waals surface area contributed by atoms with Crippen LogP contribution in [0.1, 0.15) is 15.9 Å². The van der Waals surface area contributed by atoms with Crippen LogP contribution in [0.2, 0.25) is 5.02 Å². The fourth-order valence-electron chi connectivity index (χ4n) is 1.14. The van der Waals surface area contributed by atoms with E-state index in [1.165, 1.54) is 12.1 Å². The van der Waals surface area contributed by atoms with Crippen LogP contribution in [0.4, 0.5) is 13.2 Å². The zero-order valence-corrected chi connectivity index (χ0v) is 10.1. The molecule has 7 heteroatoms. The number of aliphatic hydroxyl groups excluding tert-OH is 1. The molecule has 0 saturated heterocycles. The van der Waals surface area contributed by atoms with Crippen molar-refractivity contribution in [2.45, 2.75) is 19.2 Å². The minimum atomic E-state index is -4.75. The lowest BCUT2D eigenvalue weighted by molar-refractivity contribution is -0.201. The van der Waals surface area contributed by atoms with Crippen LogP contribution < -0.4 is 5.32 Å². The minimum absolute atomic E-state index is 0.139. The summed E-state index contributed by atoms with van der Waals surface area (Å²) >= 11 is 5.78. The van der Waals surface area contributed by atoms with Gasteiger partial charge in [0.05, 0.1) is 6.54 Å². The quantitative estimate of drug-likeness (QED) is 0.893. The molecule has 1 aromatic rings. The number of amides is 1. The summed E-state index contributed by atoms with van der Waals surface area (Å²) in [5.41, 5.74) is 0.892. The summed E-state index contributed by atoms with van der Waals surface area (Å²) in [4.78, 5) is 11.5. The van der Waals surface area contributed by atoms with Crippen LogP contribution in [0.5, 0.6) is 0 Å². The van der Waals surface area contributed by atoms with Crippen LogP contribution in [-0.4, -0.2) is 29.8 Å². The Hall–Kier alpha value is -1.27. The molecule has 18 heavy (non-hydrogen) atoms. The Kier molecular flexibility index (Phi) is 4.59. The first-order valence-corrected chi connectivity index (χ1v) is 5.38. The Bertz CT molecular complexity index is 448. The second kappa shape index (κ2) is 5.58. The van der Waals surface area contributed by atoms with Crippen LogP contribution in [0, 0.1) is 6.92 Å². The van der Waals surface area contributed by atoms with Crippen molar-refractivity contribution >= 4 is 17.5 Å². The number of aryl methyl sites for hydroxylation is 1. The maximum Gasteiger partial charge on any atom is 0.416 e. The molecule has 0 bridgehead atoms. The van der Waals surface area contributed by atoms with Crippen LogP contribution in [0.3, 0.4) is 0 Å². The highest BCUT2D eigenvalue weighted by Crippen LogP contribution is 2.20. The van der Waals surface area contributed by atoms with Crippen LogP contribution in [0.25, 0.3) is 0 Å². The van der Waals surface area contributed by atoms with Crippen molar-refractivity contribution < 1.29 is 23.1 Å². The molecule has 1 rings (SSSR count). The third-order valence-electron chi connectivity index (χ3n) is 2.27. The second-order valence-electron chi connectivity index (χ2n) is 3.73. The van der Waals surface area contributed by atoms with Crippen molar-refractivity contribution in [3.8, 4) is 0 Å². The van der Waals surface area contributed by atoms with E-state index in [1.807, 2.05) is 5.32 Å². The number of benzene rings is 1. The predicted octanol–water partition coefficient (Wildman–Crippen LogP) is 2.30. The van der Waals surface area contributed by atoms with Gasteiger partial charge in [0.1, 0.15) is 0 Å². The van der Waals surface area contributed by atoms with E-state index in [9.17, 15) is 18.0 Å². The van der Waals surface area contributed by atoms with Gasteiger partial charge in [-0.05, 0) is 24.6 Å². The summed E-state index contributed by atoms with van der Waals surface area (Å²) < 4.78 is 36.0.